The molecule has 30 heavy (non-hydrogen) atoms. The zero-order chi connectivity index (χ0) is 21.5. The number of nitrogens with one attached hydrogen (secondary N) is 2. The molecular weight excluding hydrogens is 412 g/mol. The van der Waals surface area contributed by atoms with Crippen LogP contribution in [0.1, 0.15) is 17.5 Å². The molecular formula is C22H26ClF2N3O2. The third-order valence-electron chi connectivity index (χ3n) is 5.19. The summed E-state index contributed by atoms with van der Waals surface area (Å²) in [5.74, 6) is -1.76. The van der Waals surface area contributed by atoms with Crippen molar-refractivity contribution in [1.82, 2.24) is 15.5 Å². The van der Waals surface area contributed by atoms with Crippen LogP contribution in [-0.4, -0.2) is 49.7 Å². The van der Waals surface area contributed by atoms with Crippen LogP contribution in [0.2, 0.25) is 5.02 Å². The summed E-state index contributed by atoms with van der Waals surface area (Å²) in [6, 6.07) is 11.2. The summed E-state index contributed by atoms with van der Waals surface area (Å²) < 4.78 is 31.6. The highest BCUT2D eigenvalue weighted by Gasteiger charge is 2.36. The van der Waals surface area contributed by atoms with Gasteiger partial charge in [-0.15, -0.1) is 0 Å². The number of amides is 1. The van der Waals surface area contributed by atoms with Gasteiger partial charge in [0, 0.05) is 44.4 Å². The van der Waals surface area contributed by atoms with E-state index in [0.717, 1.165) is 11.6 Å². The maximum absolute atomic E-state index is 13.4. The van der Waals surface area contributed by atoms with E-state index in [9.17, 15) is 13.6 Å². The third-order valence-corrected chi connectivity index (χ3v) is 5.44. The highest BCUT2D eigenvalue weighted by molar-refractivity contribution is 6.30. The molecule has 2 aromatic carbocycles. The molecule has 5 nitrogen and oxygen atoms in total. The van der Waals surface area contributed by atoms with E-state index in [1.165, 1.54) is 6.07 Å². The first-order valence-electron chi connectivity index (χ1n) is 9.88. The molecule has 1 heterocycles. The van der Waals surface area contributed by atoms with E-state index >= 15 is 0 Å². The molecule has 2 N–H and O–H groups in total. The van der Waals surface area contributed by atoms with Gasteiger partial charge in [-0.3, -0.25) is 9.69 Å². The minimum absolute atomic E-state index is 0.0434. The molecule has 1 amide bonds. The van der Waals surface area contributed by atoms with E-state index in [2.05, 4.69) is 15.5 Å². The second kappa shape index (κ2) is 10.8. The lowest BCUT2D eigenvalue weighted by Gasteiger charge is -2.23. The highest BCUT2D eigenvalue weighted by atomic mass is 35.5. The first kappa shape index (κ1) is 22.6. The van der Waals surface area contributed by atoms with Crippen LogP contribution >= 0.6 is 11.6 Å². The Morgan fingerprint density at radius 1 is 1.17 bits per heavy atom. The lowest BCUT2D eigenvalue weighted by molar-refractivity contribution is -0.125. The smallest absolute Gasteiger partial charge is 0.237 e. The van der Waals surface area contributed by atoms with Crippen molar-refractivity contribution in [1.29, 1.82) is 0 Å². The molecule has 0 spiro atoms. The molecule has 0 radical (unpaired) electrons. The molecule has 2 aromatic rings. The standard InChI is InChI=1S/C22H26ClF2N3O2/c1-30-9-8-26-22(29)21-11-18(27-12-16-4-7-19(24)20(25)10-16)14-28(21)13-15-2-5-17(23)6-3-15/h2-7,10,18,21,27H,8-9,11-14H2,1H3,(H,26,29)/t18-,21+/m1/s1. The van der Waals surface area contributed by atoms with Gasteiger partial charge >= 0.3 is 0 Å². The van der Waals surface area contributed by atoms with Crippen molar-refractivity contribution in [3.63, 3.8) is 0 Å². The van der Waals surface area contributed by atoms with Gasteiger partial charge in [0.1, 0.15) is 0 Å². The fourth-order valence-corrected chi connectivity index (χ4v) is 3.76. The summed E-state index contributed by atoms with van der Waals surface area (Å²) in [6.07, 6.45) is 0.621. The number of nitrogens with zero attached hydrogens (tertiary/aromatic N) is 1. The van der Waals surface area contributed by atoms with Crippen molar-refractivity contribution >= 4 is 17.5 Å². The van der Waals surface area contributed by atoms with E-state index in [1.54, 1.807) is 13.2 Å². The SMILES string of the molecule is COCCNC(=O)[C@@H]1C[C@@H](NCc2ccc(F)c(F)c2)CN1Cc1ccc(Cl)cc1. The molecule has 8 heteroatoms. The van der Waals surface area contributed by atoms with Crippen molar-refractivity contribution in [3.8, 4) is 0 Å². The van der Waals surface area contributed by atoms with Gasteiger partial charge in [0.05, 0.1) is 12.6 Å². The summed E-state index contributed by atoms with van der Waals surface area (Å²) in [5.41, 5.74) is 1.72. The van der Waals surface area contributed by atoms with Crippen LogP contribution in [0.5, 0.6) is 0 Å². The summed E-state index contributed by atoms with van der Waals surface area (Å²) >= 11 is 5.97. The average molecular weight is 438 g/mol. The van der Waals surface area contributed by atoms with Crippen molar-refractivity contribution < 1.29 is 18.3 Å². The van der Waals surface area contributed by atoms with Crippen molar-refractivity contribution in [2.45, 2.75) is 31.6 Å². The normalized spacial score (nSPS) is 19.2. The van der Waals surface area contributed by atoms with Crippen LogP contribution in [0.15, 0.2) is 42.5 Å². The van der Waals surface area contributed by atoms with Gasteiger partial charge in [-0.25, -0.2) is 8.78 Å². The van der Waals surface area contributed by atoms with Gasteiger partial charge in [-0.05, 0) is 41.8 Å². The van der Waals surface area contributed by atoms with E-state index in [1.807, 2.05) is 24.3 Å². The number of likely N-dealkylation sites (tertiary alicyclic amines) is 1. The van der Waals surface area contributed by atoms with E-state index in [4.69, 9.17) is 16.3 Å². The zero-order valence-corrected chi connectivity index (χ0v) is 17.6. The fourth-order valence-electron chi connectivity index (χ4n) is 3.63. The molecule has 1 aliphatic rings. The number of ether oxygens (including phenoxy) is 1. The van der Waals surface area contributed by atoms with E-state index < -0.39 is 11.6 Å². The van der Waals surface area contributed by atoms with Gasteiger partial charge in [-0.1, -0.05) is 29.8 Å². The van der Waals surface area contributed by atoms with Gasteiger partial charge in [-0.2, -0.15) is 0 Å². The monoisotopic (exact) mass is 437 g/mol. The van der Waals surface area contributed by atoms with Gasteiger partial charge < -0.3 is 15.4 Å². The quantitative estimate of drug-likeness (QED) is 0.592. The molecule has 0 unspecified atom stereocenters. The van der Waals surface area contributed by atoms with Gasteiger partial charge in [0.2, 0.25) is 5.91 Å². The number of carbonyl (C=O) groups excluding carboxylic acids is 1. The largest absolute Gasteiger partial charge is 0.383 e. The fraction of sp³-hybridized carbons (Fsp3) is 0.409. The number of hydrogen-bond acceptors (Lipinski definition) is 4. The van der Waals surface area contributed by atoms with Crippen molar-refractivity contribution in [3.05, 3.63) is 70.2 Å². The van der Waals surface area contributed by atoms with Crippen LogP contribution in [0.25, 0.3) is 0 Å². The highest BCUT2D eigenvalue weighted by Crippen LogP contribution is 2.22. The minimum Gasteiger partial charge on any atom is -0.383 e. The number of carbonyl (C=O) groups is 1. The van der Waals surface area contributed by atoms with Gasteiger partial charge in [0.25, 0.3) is 0 Å². The predicted octanol–water partition coefficient (Wildman–Crippen LogP) is 3.11. The summed E-state index contributed by atoms with van der Waals surface area (Å²) in [5, 5.41) is 6.94. The minimum atomic E-state index is -0.861. The first-order chi connectivity index (χ1) is 14.5. The summed E-state index contributed by atoms with van der Waals surface area (Å²) in [7, 11) is 1.59. The number of hydrogen-bond donors (Lipinski definition) is 2. The molecule has 0 bridgehead atoms. The first-order valence-corrected chi connectivity index (χ1v) is 10.3. The molecule has 2 atom stereocenters. The second-order valence-corrected chi connectivity index (χ2v) is 7.85. The Hall–Kier alpha value is -2.06. The van der Waals surface area contributed by atoms with Crippen LogP contribution in [-0.2, 0) is 22.6 Å². The molecule has 1 aliphatic heterocycles. The second-order valence-electron chi connectivity index (χ2n) is 7.42. The Balaban J connectivity index is 1.64. The number of halogens is 3. The zero-order valence-electron chi connectivity index (χ0n) is 16.8. The molecule has 0 aliphatic carbocycles. The molecule has 1 saturated heterocycles. The third kappa shape index (κ3) is 6.22. The van der Waals surface area contributed by atoms with Crippen LogP contribution in [0.3, 0.4) is 0 Å². The van der Waals surface area contributed by atoms with Crippen molar-refractivity contribution in [2.24, 2.45) is 0 Å². The van der Waals surface area contributed by atoms with Crippen LogP contribution in [0, 0.1) is 11.6 Å². The molecule has 1 fully saturated rings. The van der Waals surface area contributed by atoms with Crippen molar-refractivity contribution in [2.75, 3.05) is 26.8 Å². The van der Waals surface area contributed by atoms with Gasteiger partial charge in [0.15, 0.2) is 11.6 Å². The Morgan fingerprint density at radius 3 is 2.60 bits per heavy atom. The predicted molar refractivity (Wildman–Crippen MR) is 112 cm³/mol. The molecule has 0 aromatic heterocycles. The number of benzene rings is 2. The lowest BCUT2D eigenvalue weighted by Crippen LogP contribution is -2.43. The number of methoxy groups -OCH3 is 1. The Labute approximate surface area is 180 Å². The lowest BCUT2D eigenvalue weighted by atomic mass is 10.1. The molecule has 162 valence electrons. The molecule has 0 saturated carbocycles. The van der Waals surface area contributed by atoms with Crippen LogP contribution in [0.4, 0.5) is 8.78 Å². The maximum Gasteiger partial charge on any atom is 0.237 e. The Morgan fingerprint density at radius 2 is 1.90 bits per heavy atom. The summed E-state index contributed by atoms with van der Waals surface area (Å²) in [6.45, 7) is 2.58. The number of rotatable bonds is 9. The maximum atomic E-state index is 13.4. The Bertz CT molecular complexity index is 851. The van der Waals surface area contributed by atoms with Crippen LogP contribution < -0.4 is 10.6 Å². The van der Waals surface area contributed by atoms with E-state index in [-0.39, 0.29) is 18.0 Å². The summed E-state index contributed by atoms with van der Waals surface area (Å²) in [4.78, 5) is 14.8. The Kier molecular flexibility index (Phi) is 8.16. The topological polar surface area (TPSA) is 53.6 Å². The molecule has 3 rings (SSSR count). The van der Waals surface area contributed by atoms with E-state index in [0.29, 0.717) is 49.8 Å². The average Bonchev–Trinajstić information content (AvgIpc) is 3.13.